The van der Waals surface area contributed by atoms with Gasteiger partial charge in [0.15, 0.2) is 5.96 Å². The maximum Gasteiger partial charge on any atom is 0.210 e. The molecule has 0 aliphatic heterocycles. The minimum Gasteiger partial charge on any atom is -0.357 e. The third kappa shape index (κ3) is 9.02. The van der Waals surface area contributed by atoms with Crippen molar-refractivity contribution in [3.63, 3.8) is 0 Å². The van der Waals surface area contributed by atoms with Gasteiger partial charge in [-0.25, -0.2) is 17.9 Å². The van der Waals surface area contributed by atoms with Crippen molar-refractivity contribution in [3.05, 3.63) is 34.6 Å². The fourth-order valence-corrected chi connectivity index (χ4v) is 2.86. The summed E-state index contributed by atoms with van der Waals surface area (Å²) in [6, 6.07) is 4.29. The summed E-state index contributed by atoms with van der Waals surface area (Å²) in [6.45, 7) is 6.95. The zero-order valence-electron chi connectivity index (χ0n) is 14.5. The second kappa shape index (κ2) is 10.5. The number of halogens is 3. The Morgan fingerprint density at radius 1 is 1.36 bits per heavy atom. The van der Waals surface area contributed by atoms with E-state index in [1.54, 1.807) is 6.07 Å². The van der Waals surface area contributed by atoms with E-state index in [0.717, 1.165) is 5.56 Å². The molecule has 0 amide bonds. The normalized spacial score (nSPS) is 12.5. The molecule has 1 aromatic carbocycles. The van der Waals surface area contributed by atoms with E-state index in [1.165, 1.54) is 12.1 Å². The highest BCUT2D eigenvalue weighted by Crippen LogP contribution is 2.30. The average Bonchev–Trinajstić information content (AvgIpc) is 2.43. The molecular formula is C15H25ClFIN4O2S. The van der Waals surface area contributed by atoms with E-state index in [1.807, 2.05) is 20.8 Å². The molecular weight excluding hydrogens is 482 g/mol. The molecule has 25 heavy (non-hydrogen) atoms. The number of nitrogens with two attached hydrogens (primary N) is 1. The third-order valence-electron chi connectivity index (χ3n) is 3.32. The topological polar surface area (TPSA) is 96.6 Å². The van der Waals surface area contributed by atoms with Gasteiger partial charge >= 0.3 is 0 Å². The van der Waals surface area contributed by atoms with Gasteiger partial charge in [0, 0.05) is 23.5 Å². The molecule has 1 aromatic rings. The van der Waals surface area contributed by atoms with Crippen LogP contribution in [0.15, 0.2) is 23.2 Å². The lowest BCUT2D eigenvalue weighted by molar-refractivity contribution is 0.535. The van der Waals surface area contributed by atoms with Gasteiger partial charge in [0.05, 0.1) is 12.3 Å². The summed E-state index contributed by atoms with van der Waals surface area (Å²) < 4.78 is 35.1. The molecule has 4 N–H and O–H groups in total. The Morgan fingerprint density at radius 2 is 2.00 bits per heavy atom. The Morgan fingerprint density at radius 3 is 2.52 bits per heavy atom. The van der Waals surface area contributed by atoms with Gasteiger partial charge in [-0.15, -0.1) is 24.0 Å². The number of sulfonamides is 1. The summed E-state index contributed by atoms with van der Waals surface area (Å²) >= 11 is 6.12. The van der Waals surface area contributed by atoms with Crippen molar-refractivity contribution in [2.75, 3.05) is 25.4 Å². The van der Waals surface area contributed by atoms with Crippen LogP contribution in [0.25, 0.3) is 0 Å². The van der Waals surface area contributed by atoms with Crippen molar-refractivity contribution in [1.29, 1.82) is 0 Å². The third-order valence-corrected chi connectivity index (χ3v) is 4.40. The van der Waals surface area contributed by atoms with Crippen molar-refractivity contribution in [2.24, 2.45) is 10.1 Å². The predicted molar refractivity (Wildman–Crippen MR) is 112 cm³/mol. The number of benzene rings is 1. The molecule has 144 valence electrons. The number of nitrogens with zero attached hydrogens (tertiary/aromatic N) is 1. The molecule has 0 atom stereocenters. The van der Waals surface area contributed by atoms with Crippen LogP contribution < -0.4 is 15.8 Å². The van der Waals surface area contributed by atoms with Gasteiger partial charge in [-0.1, -0.05) is 31.5 Å². The van der Waals surface area contributed by atoms with Gasteiger partial charge in [0.2, 0.25) is 10.0 Å². The van der Waals surface area contributed by atoms with Crippen molar-refractivity contribution in [3.8, 4) is 0 Å². The fourth-order valence-electron chi connectivity index (χ4n) is 2.05. The second-order valence-corrected chi connectivity index (χ2v) is 8.14. The van der Waals surface area contributed by atoms with E-state index in [9.17, 15) is 12.8 Å². The molecule has 0 aliphatic rings. The molecule has 0 radical (unpaired) electrons. The number of hydrogen-bond donors (Lipinski definition) is 3. The van der Waals surface area contributed by atoms with E-state index in [4.69, 9.17) is 16.7 Å². The van der Waals surface area contributed by atoms with Gasteiger partial charge in [0.25, 0.3) is 0 Å². The zero-order valence-corrected chi connectivity index (χ0v) is 18.4. The molecule has 6 nitrogen and oxygen atoms in total. The number of rotatable bonds is 7. The maximum absolute atomic E-state index is 13.2. The van der Waals surface area contributed by atoms with E-state index in [0.29, 0.717) is 24.1 Å². The van der Waals surface area contributed by atoms with Gasteiger partial charge in [-0.05, 0) is 24.6 Å². The highest BCUT2D eigenvalue weighted by Gasteiger charge is 2.23. The van der Waals surface area contributed by atoms with Crippen LogP contribution in [0.2, 0.25) is 5.02 Å². The van der Waals surface area contributed by atoms with Crippen LogP contribution >= 0.6 is 35.6 Å². The minimum atomic E-state index is -3.53. The molecule has 0 bridgehead atoms. The van der Waals surface area contributed by atoms with Crippen LogP contribution in [0.1, 0.15) is 26.3 Å². The molecule has 0 aromatic heterocycles. The zero-order chi connectivity index (χ0) is 18.4. The molecule has 0 unspecified atom stereocenters. The van der Waals surface area contributed by atoms with E-state index < -0.39 is 15.4 Å². The molecule has 0 saturated carbocycles. The Kier molecular flexibility index (Phi) is 10.2. The Balaban J connectivity index is 0.00000576. The number of aliphatic imine (C=N–C) groups is 1. The SMILES string of the molecule is CCNC(=NCC(C)(C)c1ccc(F)cc1Cl)NCCS(N)(=O)=O.I. The lowest BCUT2D eigenvalue weighted by Gasteiger charge is -2.25. The van der Waals surface area contributed by atoms with Crippen LogP contribution in [0.3, 0.4) is 0 Å². The summed E-state index contributed by atoms with van der Waals surface area (Å²) in [4.78, 5) is 4.45. The van der Waals surface area contributed by atoms with Crippen LogP contribution in [0.5, 0.6) is 0 Å². The molecule has 0 spiro atoms. The first-order chi connectivity index (χ1) is 11.0. The Hall–Kier alpha value is -0.650. The van der Waals surface area contributed by atoms with Gasteiger partial charge in [0.1, 0.15) is 5.82 Å². The number of hydrogen-bond acceptors (Lipinski definition) is 3. The second-order valence-electron chi connectivity index (χ2n) is 6.00. The standard InChI is InChI=1S/C15H24ClFN4O2S.HI/c1-4-19-14(20-7-8-24(18,22)23)21-10-15(2,3)12-6-5-11(17)9-13(12)16;/h5-6,9H,4,7-8,10H2,1-3H3,(H2,18,22,23)(H2,19,20,21);1H. The smallest absolute Gasteiger partial charge is 0.210 e. The lowest BCUT2D eigenvalue weighted by atomic mass is 9.84. The summed E-state index contributed by atoms with van der Waals surface area (Å²) in [5.41, 5.74) is 0.363. The Bertz CT molecular complexity index is 699. The van der Waals surface area contributed by atoms with Crippen molar-refractivity contribution in [2.45, 2.75) is 26.2 Å². The monoisotopic (exact) mass is 506 g/mol. The van der Waals surface area contributed by atoms with Gasteiger partial charge in [-0.3, -0.25) is 4.99 Å². The van der Waals surface area contributed by atoms with Crippen LogP contribution in [0, 0.1) is 5.82 Å². The fraction of sp³-hybridized carbons (Fsp3) is 0.533. The summed E-state index contributed by atoms with van der Waals surface area (Å²) in [5, 5.41) is 11.3. The highest BCUT2D eigenvalue weighted by molar-refractivity contribution is 14.0. The first-order valence-corrected chi connectivity index (χ1v) is 9.62. The maximum atomic E-state index is 13.2. The summed E-state index contributed by atoms with van der Waals surface area (Å²) in [7, 11) is -3.53. The molecule has 0 fully saturated rings. The number of primary sulfonamides is 1. The van der Waals surface area contributed by atoms with E-state index >= 15 is 0 Å². The van der Waals surface area contributed by atoms with Crippen molar-refractivity contribution < 1.29 is 12.8 Å². The number of nitrogens with one attached hydrogen (secondary N) is 2. The molecule has 0 saturated heterocycles. The lowest BCUT2D eigenvalue weighted by Crippen LogP contribution is -2.41. The average molecular weight is 507 g/mol. The van der Waals surface area contributed by atoms with E-state index in [2.05, 4.69) is 15.6 Å². The van der Waals surface area contributed by atoms with Gasteiger partial charge < -0.3 is 10.6 Å². The summed E-state index contributed by atoms with van der Waals surface area (Å²) in [6.07, 6.45) is 0. The predicted octanol–water partition coefficient (Wildman–Crippen LogP) is 2.22. The molecule has 0 heterocycles. The van der Waals surface area contributed by atoms with Crippen LogP contribution in [-0.4, -0.2) is 39.8 Å². The quantitative estimate of drug-likeness (QED) is 0.300. The van der Waals surface area contributed by atoms with Gasteiger partial charge in [-0.2, -0.15) is 0 Å². The Labute approximate surface area is 170 Å². The van der Waals surface area contributed by atoms with Crippen LogP contribution in [0.4, 0.5) is 4.39 Å². The first kappa shape index (κ1) is 24.4. The van der Waals surface area contributed by atoms with Crippen molar-refractivity contribution in [1.82, 2.24) is 10.6 Å². The highest BCUT2D eigenvalue weighted by atomic mass is 127. The number of guanidine groups is 1. The minimum absolute atomic E-state index is 0. The molecule has 10 heteroatoms. The van der Waals surface area contributed by atoms with E-state index in [-0.39, 0.29) is 42.1 Å². The summed E-state index contributed by atoms with van der Waals surface area (Å²) in [5.74, 6) is -0.0987. The molecule has 1 rings (SSSR count). The first-order valence-electron chi connectivity index (χ1n) is 7.53. The molecule has 0 aliphatic carbocycles. The largest absolute Gasteiger partial charge is 0.357 e. The van der Waals surface area contributed by atoms with Crippen molar-refractivity contribution >= 4 is 51.6 Å². The van der Waals surface area contributed by atoms with Crippen LogP contribution in [-0.2, 0) is 15.4 Å².